The van der Waals surface area contributed by atoms with Gasteiger partial charge in [-0.25, -0.2) is 4.98 Å². The molecule has 2 atom stereocenters. The lowest BCUT2D eigenvalue weighted by Gasteiger charge is -2.30. The van der Waals surface area contributed by atoms with Gasteiger partial charge in [0.25, 0.3) is 0 Å². The molecule has 0 aliphatic carbocycles. The molecule has 0 spiro atoms. The fourth-order valence-electron chi connectivity index (χ4n) is 3.08. The summed E-state index contributed by atoms with van der Waals surface area (Å²) in [6.07, 6.45) is 5.85. The van der Waals surface area contributed by atoms with Crippen molar-refractivity contribution < 1.29 is 9.47 Å². The first-order chi connectivity index (χ1) is 12.2. The van der Waals surface area contributed by atoms with Gasteiger partial charge in [-0.15, -0.1) is 0 Å². The Hall–Kier alpha value is -2.44. The third-order valence-electron chi connectivity index (χ3n) is 4.53. The number of morpholine rings is 1. The Balaban J connectivity index is 1.66. The van der Waals surface area contributed by atoms with Gasteiger partial charge in [-0.2, -0.15) is 0 Å². The molecular formula is C19H22N4O2. The van der Waals surface area contributed by atoms with Crippen molar-refractivity contribution >= 4 is 10.9 Å². The Kier molecular flexibility index (Phi) is 4.38. The van der Waals surface area contributed by atoms with E-state index in [1.54, 1.807) is 6.20 Å². The maximum atomic E-state index is 6.08. The molecule has 1 aliphatic rings. The second-order valence-corrected chi connectivity index (χ2v) is 6.41. The number of nitrogens with one attached hydrogen (secondary N) is 1. The summed E-state index contributed by atoms with van der Waals surface area (Å²) in [5, 5.41) is 4.32. The van der Waals surface area contributed by atoms with Gasteiger partial charge in [-0.1, -0.05) is 0 Å². The fourth-order valence-corrected chi connectivity index (χ4v) is 3.08. The minimum Gasteiger partial charge on any atom is -0.474 e. The minimum absolute atomic E-state index is 0.0163. The Bertz CT molecular complexity index is 877. The Morgan fingerprint density at radius 1 is 1.40 bits per heavy atom. The second-order valence-electron chi connectivity index (χ2n) is 6.41. The number of hydrogen-bond acceptors (Lipinski definition) is 5. The quantitative estimate of drug-likeness (QED) is 0.791. The Morgan fingerprint density at radius 2 is 2.32 bits per heavy atom. The predicted octanol–water partition coefficient (Wildman–Crippen LogP) is 2.39. The van der Waals surface area contributed by atoms with Crippen LogP contribution in [0.2, 0.25) is 0 Å². The molecule has 0 aromatic carbocycles. The molecule has 0 unspecified atom stereocenters. The molecule has 6 nitrogen and oxygen atoms in total. The van der Waals surface area contributed by atoms with Crippen LogP contribution in [-0.4, -0.2) is 46.4 Å². The van der Waals surface area contributed by atoms with Crippen molar-refractivity contribution in [3.8, 4) is 17.1 Å². The fraction of sp³-hybridized carbons (Fsp3) is 0.368. The molecule has 1 N–H and O–H groups in total. The van der Waals surface area contributed by atoms with Crippen LogP contribution in [0, 0.1) is 0 Å². The summed E-state index contributed by atoms with van der Waals surface area (Å²) in [5.74, 6) is 0.603. The SMILES string of the molecule is C[C@@H]1NCCO[C@@H]1COc1nc(-c2ccn(C)c2)cc2ncccc12. The van der Waals surface area contributed by atoms with Gasteiger partial charge in [-0.05, 0) is 31.2 Å². The van der Waals surface area contributed by atoms with Gasteiger partial charge in [-0.3, -0.25) is 4.98 Å². The van der Waals surface area contributed by atoms with Crippen LogP contribution in [0.1, 0.15) is 6.92 Å². The van der Waals surface area contributed by atoms with E-state index in [9.17, 15) is 0 Å². The van der Waals surface area contributed by atoms with Crippen molar-refractivity contribution in [2.45, 2.75) is 19.1 Å². The highest BCUT2D eigenvalue weighted by Crippen LogP contribution is 2.28. The zero-order chi connectivity index (χ0) is 17.2. The molecule has 0 saturated carbocycles. The third kappa shape index (κ3) is 3.36. The van der Waals surface area contributed by atoms with Crippen LogP contribution < -0.4 is 10.1 Å². The monoisotopic (exact) mass is 338 g/mol. The molecule has 3 aromatic rings. The highest BCUT2D eigenvalue weighted by atomic mass is 16.5. The van der Waals surface area contributed by atoms with Crippen LogP contribution in [0.5, 0.6) is 5.88 Å². The molecule has 4 rings (SSSR count). The van der Waals surface area contributed by atoms with Gasteiger partial charge in [0.15, 0.2) is 0 Å². The molecule has 25 heavy (non-hydrogen) atoms. The number of rotatable bonds is 4. The van der Waals surface area contributed by atoms with Crippen LogP contribution in [0.25, 0.3) is 22.2 Å². The van der Waals surface area contributed by atoms with E-state index < -0.39 is 0 Å². The smallest absolute Gasteiger partial charge is 0.223 e. The molecule has 130 valence electrons. The van der Waals surface area contributed by atoms with Gasteiger partial charge >= 0.3 is 0 Å². The molecule has 1 saturated heterocycles. The molecule has 0 radical (unpaired) electrons. The van der Waals surface area contributed by atoms with Crippen molar-refractivity contribution in [2.24, 2.45) is 7.05 Å². The molecule has 0 bridgehead atoms. The van der Waals surface area contributed by atoms with Crippen LogP contribution >= 0.6 is 0 Å². The van der Waals surface area contributed by atoms with Gasteiger partial charge in [0.05, 0.1) is 23.2 Å². The molecule has 1 fully saturated rings. The second kappa shape index (κ2) is 6.82. The summed E-state index contributed by atoms with van der Waals surface area (Å²) in [6, 6.07) is 8.19. The summed E-state index contributed by atoms with van der Waals surface area (Å²) in [5.41, 5.74) is 2.78. The number of aryl methyl sites for hydroxylation is 1. The molecule has 6 heteroatoms. The standard InChI is InChI=1S/C19H22N4O2/c1-13-18(24-9-7-20-13)12-25-19-15-4-3-6-21-17(15)10-16(22-19)14-5-8-23(2)11-14/h3-6,8,10-11,13,18,20H,7,9,12H2,1-2H3/t13-,18+/m0/s1. The average molecular weight is 338 g/mol. The average Bonchev–Trinajstić information content (AvgIpc) is 3.07. The minimum atomic E-state index is 0.0163. The maximum absolute atomic E-state index is 6.08. The maximum Gasteiger partial charge on any atom is 0.223 e. The lowest BCUT2D eigenvalue weighted by molar-refractivity contribution is -0.0248. The highest BCUT2D eigenvalue weighted by molar-refractivity contribution is 5.86. The van der Waals surface area contributed by atoms with E-state index in [0.29, 0.717) is 19.1 Å². The Morgan fingerprint density at radius 3 is 3.12 bits per heavy atom. The first kappa shape index (κ1) is 16.1. The molecule has 4 heterocycles. The van der Waals surface area contributed by atoms with E-state index in [0.717, 1.165) is 28.7 Å². The van der Waals surface area contributed by atoms with Crippen molar-refractivity contribution in [1.29, 1.82) is 0 Å². The van der Waals surface area contributed by atoms with E-state index in [2.05, 4.69) is 17.2 Å². The van der Waals surface area contributed by atoms with Crippen molar-refractivity contribution in [2.75, 3.05) is 19.8 Å². The van der Waals surface area contributed by atoms with E-state index in [1.165, 1.54) is 0 Å². The number of ether oxygens (including phenoxy) is 2. The van der Waals surface area contributed by atoms with Crippen LogP contribution in [0.3, 0.4) is 0 Å². The van der Waals surface area contributed by atoms with Crippen molar-refractivity contribution in [3.63, 3.8) is 0 Å². The van der Waals surface area contributed by atoms with E-state index >= 15 is 0 Å². The van der Waals surface area contributed by atoms with Crippen LogP contribution in [0.4, 0.5) is 0 Å². The summed E-state index contributed by atoms with van der Waals surface area (Å²) in [7, 11) is 2.00. The topological polar surface area (TPSA) is 61.2 Å². The van der Waals surface area contributed by atoms with Gasteiger partial charge < -0.3 is 19.4 Å². The normalized spacial score (nSPS) is 20.7. The van der Waals surface area contributed by atoms with E-state index in [1.807, 2.05) is 48.3 Å². The van der Waals surface area contributed by atoms with Crippen LogP contribution in [-0.2, 0) is 11.8 Å². The molecule has 0 amide bonds. The largest absolute Gasteiger partial charge is 0.474 e. The number of fused-ring (bicyclic) bond motifs is 1. The number of pyridine rings is 2. The van der Waals surface area contributed by atoms with Gasteiger partial charge in [0.1, 0.15) is 12.7 Å². The predicted molar refractivity (Wildman–Crippen MR) is 96.6 cm³/mol. The zero-order valence-electron chi connectivity index (χ0n) is 14.5. The number of aromatic nitrogens is 3. The molecule has 1 aliphatic heterocycles. The first-order valence-corrected chi connectivity index (χ1v) is 8.56. The molecular weight excluding hydrogens is 316 g/mol. The first-order valence-electron chi connectivity index (χ1n) is 8.56. The lowest BCUT2D eigenvalue weighted by atomic mass is 10.1. The third-order valence-corrected chi connectivity index (χ3v) is 4.53. The number of hydrogen-bond donors (Lipinski definition) is 1. The van der Waals surface area contributed by atoms with E-state index in [-0.39, 0.29) is 12.1 Å². The van der Waals surface area contributed by atoms with Gasteiger partial charge in [0.2, 0.25) is 5.88 Å². The summed E-state index contributed by atoms with van der Waals surface area (Å²) >= 11 is 0. The van der Waals surface area contributed by atoms with Crippen molar-refractivity contribution in [1.82, 2.24) is 19.9 Å². The molecule has 3 aromatic heterocycles. The summed E-state index contributed by atoms with van der Waals surface area (Å²) in [6.45, 7) is 4.16. The number of nitrogens with zero attached hydrogens (tertiary/aromatic N) is 3. The van der Waals surface area contributed by atoms with Crippen molar-refractivity contribution in [3.05, 3.63) is 42.9 Å². The van der Waals surface area contributed by atoms with Gasteiger partial charge in [0, 0.05) is 43.8 Å². The summed E-state index contributed by atoms with van der Waals surface area (Å²) < 4.78 is 13.9. The highest BCUT2D eigenvalue weighted by Gasteiger charge is 2.23. The van der Waals surface area contributed by atoms with E-state index in [4.69, 9.17) is 14.5 Å². The summed E-state index contributed by atoms with van der Waals surface area (Å²) in [4.78, 5) is 9.22. The lowest BCUT2D eigenvalue weighted by Crippen LogP contribution is -2.49. The van der Waals surface area contributed by atoms with Crippen LogP contribution in [0.15, 0.2) is 42.9 Å². The zero-order valence-corrected chi connectivity index (χ0v) is 14.5. The Labute approximate surface area is 146 Å².